The summed E-state index contributed by atoms with van der Waals surface area (Å²) in [5, 5.41) is 7.79. The lowest BCUT2D eigenvalue weighted by Crippen LogP contribution is -2.58. The quantitative estimate of drug-likeness (QED) is 0.185. The van der Waals surface area contributed by atoms with Crippen molar-refractivity contribution in [2.24, 2.45) is 5.92 Å². The molecule has 14 nitrogen and oxygen atoms in total. The van der Waals surface area contributed by atoms with E-state index in [0.29, 0.717) is 43.7 Å². The number of nitrogens with zero attached hydrogens (tertiary/aromatic N) is 4. The van der Waals surface area contributed by atoms with Gasteiger partial charge in [0.15, 0.2) is 0 Å². The van der Waals surface area contributed by atoms with Gasteiger partial charge in [-0.25, -0.2) is 18.4 Å². The summed E-state index contributed by atoms with van der Waals surface area (Å²) in [5.74, 6) is -2.52. The van der Waals surface area contributed by atoms with Crippen molar-refractivity contribution in [2.45, 2.75) is 93.7 Å². The summed E-state index contributed by atoms with van der Waals surface area (Å²) in [5.41, 5.74) is -0.0889. The number of para-hydroxylation sites is 1. The van der Waals surface area contributed by atoms with Crippen molar-refractivity contribution in [3.8, 4) is 5.88 Å². The summed E-state index contributed by atoms with van der Waals surface area (Å²) in [6.45, 7) is 1.75. The minimum absolute atomic E-state index is 0.00491. The van der Waals surface area contributed by atoms with Crippen molar-refractivity contribution in [1.82, 2.24) is 35.2 Å². The molecular formula is C40H43N7O7S. The molecule has 0 bridgehead atoms. The highest BCUT2D eigenvalue weighted by atomic mass is 32.2. The lowest BCUT2D eigenvalue weighted by molar-refractivity contribution is -0.141. The van der Waals surface area contributed by atoms with Gasteiger partial charge in [0.2, 0.25) is 27.7 Å². The minimum Gasteiger partial charge on any atom is -0.472 e. The molecule has 0 radical (unpaired) electrons. The number of aromatic nitrogens is 3. The van der Waals surface area contributed by atoms with Crippen molar-refractivity contribution in [2.75, 3.05) is 6.54 Å². The number of hydrogen-bond donors (Lipinski definition) is 3. The Morgan fingerprint density at radius 3 is 2.47 bits per heavy atom. The molecule has 0 unspecified atom stereocenters. The Labute approximate surface area is 318 Å². The number of ether oxygens (including phenoxy) is 1. The van der Waals surface area contributed by atoms with E-state index in [1.807, 2.05) is 60.7 Å². The summed E-state index contributed by atoms with van der Waals surface area (Å²) in [6.07, 6.45) is 10.4. The maximum Gasteiger partial charge on any atom is 0.272 e. The van der Waals surface area contributed by atoms with Gasteiger partial charge in [0.25, 0.3) is 11.8 Å². The molecule has 4 aromatic rings. The average Bonchev–Trinajstić information content (AvgIpc) is 4.11. The second kappa shape index (κ2) is 14.7. The zero-order valence-corrected chi connectivity index (χ0v) is 31.3. The number of allylic oxidation sites excluding steroid dienone is 1. The summed E-state index contributed by atoms with van der Waals surface area (Å²) < 4.78 is 34.6. The Kier molecular flexibility index (Phi) is 9.74. The number of sulfonamides is 1. The molecule has 5 atom stereocenters. The van der Waals surface area contributed by atoms with Crippen molar-refractivity contribution >= 4 is 55.3 Å². The van der Waals surface area contributed by atoms with Gasteiger partial charge >= 0.3 is 0 Å². The van der Waals surface area contributed by atoms with Gasteiger partial charge in [-0.2, -0.15) is 0 Å². The van der Waals surface area contributed by atoms with E-state index in [1.165, 1.54) is 17.3 Å². The van der Waals surface area contributed by atoms with Crippen LogP contribution in [0.15, 0.2) is 73.1 Å². The molecule has 2 aliphatic carbocycles. The highest BCUT2D eigenvalue weighted by Gasteiger charge is 2.62. The summed E-state index contributed by atoms with van der Waals surface area (Å²) in [4.78, 5) is 70.9. The zero-order chi connectivity index (χ0) is 38.3. The molecule has 2 saturated carbocycles. The van der Waals surface area contributed by atoms with Crippen LogP contribution in [0.3, 0.4) is 0 Å². The number of hydrogen-bond acceptors (Lipinski definition) is 10. The van der Waals surface area contributed by atoms with Gasteiger partial charge in [-0.15, -0.1) is 0 Å². The predicted molar refractivity (Wildman–Crippen MR) is 203 cm³/mol. The molecule has 4 amide bonds. The Bertz CT molecular complexity index is 2310. The van der Waals surface area contributed by atoms with Gasteiger partial charge < -0.3 is 20.3 Å². The Morgan fingerprint density at radius 1 is 0.945 bits per heavy atom. The molecule has 55 heavy (non-hydrogen) atoms. The molecule has 2 aromatic heterocycles. The number of aryl methyl sites for hydroxylation is 1. The first kappa shape index (κ1) is 36.5. The number of benzene rings is 2. The maximum atomic E-state index is 14.6. The monoisotopic (exact) mass is 765 g/mol. The number of rotatable bonds is 7. The summed E-state index contributed by atoms with van der Waals surface area (Å²) in [7, 11) is -3.89. The molecule has 286 valence electrons. The predicted octanol–water partition coefficient (Wildman–Crippen LogP) is 3.64. The molecular weight excluding hydrogens is 723 g/mol. The first-order valence-electron chi connectivity index (χ1n) is 18.9. The van der Waals surface area contributed by atoms with Gasteiger partial charge in [-0.05, 0) is 63.0 Å². The average molecular weight is 766 g/mol. The maximum absolute atomic E-state index is 14.6. The van der Waals surface area contributed by atoms with Crippen molar-refractivity contribution < 1.29 is 32.3 Å². The Hall–Kier alpha value is -5.44. The normalized spacial score (nSPS) is 26.5. The molecule has 4 aliphatic rings. The molecule has 4 heterocycles. The first-order chi connectivity index (χ1) is 26.5. The van der Waals surface area contributed by atoms with Crippen LogP contribution in [-0.2, 0) is 24.4 Å². The van der Waals surface area contributed by atoms with Crippen molar-refractivity contribution in [3.63, 3.8) is 0 Å². The van der Waals surface area contributed by atoms with Gasteiger partial charge in [0.1, 0.15) is 29.4 Å². The second-order valence-electron chi connectivity index (χ2n) is 15.0. The van der Waals surface area contributed by atoms with Crippen LogP contribution in [0.4, 0.5) is 0 Å². The number of fused-ring (bicyclic) bond motifs is 5. The molecule has 3 fully saturated rings. The van der Waals surface area contributed by atoms with Crippen LogP contribution in [0, 0.1) is 12.8 Å². The number of carbonyl (C=O) groups is 4. The SMILES string of the molecule is Cc1cnc(C(=O)N[C@@H]2CCCCC/C=C/[C@H]3C[C@]3(C(=O)NS(=O)(=O)C3CC3)NC(=O)[C@H]3C[C@H](Oc4nc5ccccc5c5ccccc45)CN3C2=O)cn1. The third-order valence-corrected chi connectivity index (χ3v) is 12.8. The van der Waals surface area contributed by atoms with E-state index in [1.54, 1.807) is 6.92 Å². The van der Waals surface area contributed by atoms with Crippen LogP contribution in [-0.4, -0.2) is 87.4 Å². The third-order valence-electron chi connectivity index (χ3n) is 11.0. The molecule has 3 N–H and O–H groups in total. The van der Waals surface area contributed by atoms with Gasteiger partial charge in [0.05, 0.1) is 29.2 Å². The Morgan fingerprint density at radius 2 is 1.71 bits per heavy atom. The molecule has 8 rings (SSSR count). The molecule has 2 aromatic carbocycles. The van der Waals surface area contributed by atoms with E-state index in [9.17, 15) is 27.6 Å². The fraction of sp³-hybridized carbons (Fsp3) is 0.425. The van der Waals surface area contributed by atoms with Gasteiger partial charge in [-0.3, -0.25) is 28.9 Å². The fourth-order valence-corrected chi connectivity index (χ4v) is 9.07. The molecule has 15 heteroatoms. The number of nitrogens with one attached hydrogen (secondary N) is 3. The van der Waals surface area contributed by atoms with Crippen LogP contribution < -0.4 is 20.1 Å². The fourth-order valence-electron chi connectivity index (χ4n) is 7.71. The molecule has 0 spiro atoms. The van der Waals surface area contributed by atoms with Crippen molar-refractivity contribution in [3.05, 3.63) is 84.5 Å². The van der Waals surface area contributed by atoms with Gasteiger partial charge in [0, 0.05) is 29.3 Å². The largest absolute Gasteiger partial charge is 0.472 e. The standard InChI is InChI=1S/C40H43N7O7S/c1-24-21-42-33(22-41-24)35(48)43-32-16-6-4-2-3-5-11-25-20-40(25,39(51)46-55(52,53)27-17-18-27)45-36(49)34-19-26(23-47(34)38(32)50)54-37-30-14-8-7-12-28(30)29-13-9-10-15-31(29)44-37/h5,7-15,21-22,25-27,32,34H,2-4,6,16-20,23H2,1H3,(H,43,48)(H,45,49)(H,46,51)/b11-5+/t25-,26-,32+,34+,40-/m0/s1. The van der Waals surface area contributed by atoms with Crippen molar-refractivity contribution in [1.29, 1.82) is 0 Å². The van der Waals surface area contributed by atoms with Crippen LogP contribution in [0.25, 0.3) is 21.7 Å². The third kappa shape index (κ3) is 7.49. The van der Waals surface area contributed by atoms with Crippen LogP contribution in [0.2, 0.25) is 0 Å². The van der Waals surface area contributed by atoms with E-state index in [0.717, 1.165) is 34.5 Å². The lowest BCUT2D eigenvalue weighted by atomic mass is 10.0. The molecule has 1 saturated heterocycles. The van der Waals surface area contributed by atoms with Crippen LogP contribution in [0.1, 0.15) is 74.0 Å². The lowest BCUT2D eigenvalue weighted by Gasteiger charge is -2.29. The number of pyridine rings is 1. The zero-order valence-electron chi connectivity index (χ0n) is 30.4. The van der Waals surface area contributed by atoms with Gasteiger partial charge in [-0.1, -0.05) is 61.4 Å². The topological polar surface area (TPSA) is 190 Å². The summed E-state index contributed by atoms with van der Waals surface area (Å²) in [6, 6.07) is 13.3. The highest BCUT2D eigenvalue weighted by molar-refractivity contribution is 7.91. The van der Waals surface area contributed by atoms with E-state index >= 15 is 0 Å². The second-order valence-corrected chi connectivity index (χ2v) is 17.0. The van der Waals surface area contributed by atoms with E-state index in [4.69, 9.17) is 9.72 Å². The first-order valence-corrected chi connectivity index (χ1v) is 20.5. The smallest absolute Gasteiger partial charge is 0.272 e. The minimum atomic E-state index is -3.89. The van der Waals surface area contributed by atoms with E-state index < -0.39 is 68.5 Å². The highest BCUT2D eigenvalue weighted by Crippen LogP contribution is 2.46. The molecule has 2 aliphatic heterocycles. The Balaban J connectivity index is 1.12. The van der Waals surface area contributed by atoms with E-state index in [2.05, 4.69) is 25.3 Å². The number of carbonyl (C=O) groups excluding carboxylic acids is 4. The van der Waals surface area contributed by atoms with Crippen LogP contribution >= 0.6 is 0 Å². The number of amides is 4. The summed E-state index contributed by atoms with van der Waals surface area (Å²) >= 11 is 0. The van der Waals surface area contributed by atoms with E-state index in [-0.39, 0.29) is 25.1 Å². The van der Waals surface area contributed by atoms with Crippen LogP contribution in [0.5, 0.6) is 5.88 Å².